The maximum Gasteiger partial charge on any atom is 0.161 e. The summed E-state index contributed by atoms with van der Waals surface area (Å²) in [6.07, 6.45) is 7.36. The van der Waals surface area contributed by atoms with Gasteiger partial charge in [-0.1, -0.05) is 54.6 Å². The van der Waals surface area contributed by atoms with E-state index < -0.39 is 0 Å². The number of hydrogen-bond donors (Lipinski definition) is 0. The van der Waals surface area contributed by atoms with E-state index in [2.05, 4.69) is 35.0 Å². The zero-order valence-electron chi connectivity index (χ0n) is 11.7. The number of hydrogen-bond acceptors (Lipinski definition) is 2. The number of benzene rings is 1. The van der Waals surface area contributed by atoms with Crippen LogP contribution in [0.2, 0.25) is 0 Å². The molecule has 2 nitrogen and oxygen atoms in total. The van der Waals surface area contributed by atoms with Gasteiger partial charge in [0.2, 0.25) is 0 Å². The van der Waals surface area contributed by atoms with Gasteiger partial charge in [-0.05, 0) is 24.1 Å². The van der Waals surface area contributed by atoms with Crippen LogP contribution in [-0.4, -0.2) is 13.2 Å². The van der Waals surface area contributed by atoms with Crippen molar-refractivity contribution >= 4 is 15.9 Å². The molecule has 19 heavy (non-hydrogen) atoms. The molecule has 1 atom stereocenters. The molecule has 0 saturated heterocycles. The summed E-state index contributed by atoms with van der Waals surface area (Å²) in [5.41, 5.74) is 1.29. The van der Waals surface area contributed by atoms with Crippen molar-refractivity contribution in [3.63, 3.8) is 0 Å². The predicted octanol–water partition coefficient (Wildman–Crippen LogP) is 5.25. The highest BCUT2D eigenvalue weighted by Crippen LogP contribution is 2.36. The van der Waals surface area contributed by atoms with Crippen LogP contribution in [0.5, 0.6) is 11.5 Å². The number of unbranched alkanes of at least 4 members (excludes halogenated alkanes) is 3. The quantitative estimate of drug-likeness (QED) is 0.524. The zero-order chi connectivity index (χ0) is 13.5. The fraction of sp³-hybridized carbons (Fsp3) is 0.625. The van der Waals surface area contributed by atoms with Crippen LogP contribution in [0.4, 0.5) is 0 Å². The second kappa shape index (κ2) is 7.78. The lowest BCUT2D eigenvalue weighted by Crippen LogP contribution is -1.97. The molecule has 0 amide bonds. The smallest absolute Gasteiger partial charge is 0.161 e. The lowest BCUT2D eigenvalue weighted by Gasteiger charge is -2.13. The van der Waals surface area contributed by atoms with E-state index in [1.165, 1.54) is 37.7 Å². The minimum Gasteiger partial charge on any atom is -0.490 e. The molecule has 2 rings (SSSR count). The molecule has 0 fully saturated rings. The Morgan fingerprint density at radius 2 is 1.89 bits per heavy atom. The first-order valence-corrected chi connectivity index (χ1v) is 8.26. The first kappa shape index (κ1) is 14.7. The molecule has 106 valence electrons. The second-order valence-electron chi connectivity index (χ2n) is 5.07. The molecule has 0 aliphatic carbocycles. The summed E-state index contributed by atoms with van der Waals surface area (Å²) >= 11 is 3.79. The van der Waals surface area contributed by atoms with Gasteiger partial charge in [0, 0.05) is 11.2 Å². The summed E-state index contributed by atoms with van der Waals surface area (Å²) in [6.45, 7) is 3.75. The molecular weight excluding hydrogens is 304 g/mol. The standard InChI is InChI=1S/C16H23BrO2/c1-2-3-4-5-7-14(17)13-8-9-15-16(12-13)19-11-6-10-18-15/h8-9,12,14H,2-7,10-11H2,1H3. The van der Waals surface area contributed by atoms with Crippen LogP contribution < -0.4 is 9.47 Å². The minimum absolute atomic E-state index is 0.418. The highest BCUT2D eigenvalue weighted by Gasteiger charge is 2.14. The summed E-state index contributed by atoms with van der Waals surface area (Å²) in [7, 11) is 0. The van der Waals surface area contributed by atoms with Crippen molar-refractivity contribution in [2.45, 2.75) is 50.3 Å². The van der Waals surface area contributed by atoms with Crippen LogP contribution >= 0.6 is 15.9 Å². The molecule has 1 unspecified atom stereocenters. The summed E-state index contributed by atoms with van der Waals surface area (Å²) in [5.74, 6) is 1.78. The van der Waals surface area contributed by atoms with Crippen molar-refractivity contribution in [1.82, 2.24) is 0 Å². The monoisotopic (exact) mass is 326 g/mol. The largest absolute Gasteiger partial charge is 0.490 e. The maximum absolute atomic E-state index is 5.74. The number of alkyl halides is 1. The van der Waals surface area contributed by atoms with Crippen LogP contribution in [0.3, 0.4) is 0 Å². The van der Waals surface area contributed by atoms with Crippen LogP contribution in [0.15, 0.2) is 18.2 Å². The van der Waals surface area contributed by atoms with Crippen molar-refractivity contribution in [2.75, 3.05) is 13.2 Å². The molecule has 1 aliphatic heterocycles. The first-order valence-electron chi connectivity index (χ1n) is 7.35. The van der Waals surface area contributed by atoms with Crippen LogP contribution in [0, 0.1) is 0 Å². The van der Waals surface area contributed by atoms with E-state index in [1.54, 1.807) is 0 Å². The topological polar surface area (TPSA) is 18.5 Å². The van der Waals surface area contributed by atoms with Gasteiger partial charge in [-0.15, -0.1) is 0 Å². The number of fused-ring (bicyclic) bond motifs is 1. The minimum atomic E-state index is 0.418. The Kier molecular flexibility index (Phi) is 6.02. The third-order valence-corrected chi connectivity index (χ3v) is 4.43. The lowest BCUT2D eigenvalue weighted by atomic mass is 10.0. The molecule has 1 aliphatic rings. The van der Waals surface area contributed by atoms with Gasteiger partial charge >= 0.3 is 0 Å². The van der Waals surface area contributed by atoms with E-state index in [9.17, 15) is 0 Å². The van der Waals surface area contributed by atoms with Gasteiger partial charge in [-0.25, -0.2) is 0 Å². The molecule has 0 N–H and O–H groups in total. The average molecular weight is 327 g/mol. The third kappa shape index (κ3) is 4.41. The van der Waals surface area contributed by atoms with Gasteiger partial charge in [-0.2, -0.15) is 0 Å². The fourth-order valence-electron chi connectivity index (χ4n) is 2.29. The van der Waals surface area contributed by atoms with E-state index in [4.69, 9.17) is 9.47 Å². The van der Waals surface area contributed by atoms with Crippen molar-refractivity contribution in [1.29, 1.82) is 0 Å². The Morgan fingerprint density at radius 3 is 2.68 bits per heavy atom. The third-order valence-electron chi connectivity index (χ3n) is 3.44. The SMILES string of the molecule is CCCCCCC(Br)c1ccc2c(c1)OCCCO2. The van der Waals surface area contributed by atoms with Gasteiger partial charge in [0.1, 0.15) is 0 Å². The molecule has 1 heterocycles. The maximum atomic E-state index is 5.74. The van der Waals surface area contributed by atoms with Crippen molar-refractivity contribution in [3.8, 4) is 11.5 Å². The van der Waals surface area contributed by atoms with E-state index in [-0.39, 0.29) is 0 Å². The predicted molar refractivity (Wildman–Crippen MR) is 82.5 cm³/mol. The van der Waals surface area contributed by atoms with E-state index >= 15 is 0 Å². The number of rotatable bonds is 6. The van der Waals surface area contributed by atoms with Crippen LogP contribution in [-0.2, 0) is 0 Å². The zero-order valence-corrected chi connectivity index (χ0v) is 13.2. The van der Waals surface area contributed by atoms with Crippen LogP contribution in [0.1, 0.15) is 55.8 Å². The van der Waals surface area contributed by atoms with Crippen molar-refractivity contribution in [3.05, 3.63) is 23.8 Å². The Morgan fingerprint density at radius 1 is 1.11 bits per heavy atom. The second-order valence-corrected chi connectivity index (χ2v) is 6.18. The molecule has 0 saturated carbocycles. The van der Waals surface area contributed by atoms with Gasteiger partial charge in [0.05, 0.1) is 13.2 Å². The van der Waals surface area contributed by atoms with Gasteiger partial charge in [0.25, 0.3) is 0 Å². The van der Waals surface area contributed by atoms with E-state index in [0.29, 0.717) is 4.83 Å². The van der Waals surface area contributed by atoms with Crippen molar-refractivity contribution in [2.24, 2.45) is 0 Å². The molecule has 1 aromatic carbocycles. The Balaban J connectivity index is 1.94. The van der Waals surface area contributed by atoms with Gasteiger partial charge in [-0.3, -0.25) is 0 Å². The molecule has 0 spiro atoms. The first-order chi connectivity index (χ1) is 9.31. The Labute approximate surface area is 124 Å². The summed E-state index contributed by atoms with van der Waals surface area (Å²) < 4.78 is 11.4. The molecule has 1 aromatic rings. The summed E-state index contributed by atoms with van der Waals surface area (Å²) in [6, 6.07) is 6.31. The summed E-state index contributed by atoms with van der Waals surface area (Å²) in [5, 5.41) is 0. The summed E-state index contributed by atoms with van der Waals surface area (Å²) in [4.78, 5) is 0.418. The number of ether oxygens (including phenoxy) is 2. The molecular formula is C16H23BrO2. The van der Waals surface area contributed by atoms with Crippen molar-refractivity contribution < 1.29 is 9.47 Å². The Hall–Kier alpha value is -0.700. The van der Waals surface area contributed by atoms with E-state index in [0.717, 1.165) is 31.1 Å². The average Bonchev–Trinajstić information content (AvgIpc) is 2.67. The highest BCUT2D eigenvalue weighted by molar-refractivity contribution is 9.09. The molecule has 0 radical (unpaired) electrons. The lowest BCUT2D eigenvalue weighted by molar-refractivity contribution is 0.297. The van der Waals surface area contributed by atoms with Gasteiger partial charge in [0.15, 0.2) is 11.5 Å². The number of halogens is 1. The van der Waals surface area contributed by atoms with E-state index in [1.807, 2.05) is 6.07 Å². The fourth-order valence-corrected chi connectivity index (χ4v) is 2.90. The molecule has 0 bridgehead atoms. The molecule has 0 aromatic heterocycles. The van der Waals surface area contributed by atoms with Gasteiger partial charge < -0.3 is 9.47 Å². The Bertz CT molecular complexity index is 392. The highest BCUT2D eigenvalue weighted by atomic mass is 79.9. The van der Waals surface area contributed by atoms with Crippen LogP contribution in [0.25, 0.3) is 0 Å². The molecule has 3 heteroatoms. The normalized spacial score (nSPS) is 15.9.